The molecule has 74 valence electrons. The van der Waals surface area contributed by atoms with E-state index in [1.807, 2.05) is 0 Å². The zero-order chi connectivity index (χ0) is 9.42. The fourth-order valence-corrected chi connectivity index (χ4v) is 2.94. The monoisotopic (exact) mass is 183 g/mol. The lowest BCUT2D eigenvalue weighted by molar-refractivity contribution is -0.127. The number of amides is 1. The number of aliphatic hydroxyl groups excluding tert-OH is 1. The van der Waals surface area contributed by atoms with Crippen molar-refractivity contribution < 1.29 is 9.90 Å². The average Bonchev–Trinajstić information content (AvgIpc) is 2.02. The Labute approximate surface area is 78.3 Å². The molecule has 4 atom stereocenters. The summed E-state index contributed by atoms with van der Waals surface area (Å²) in [6.07, 6.45) is 4.81. The van der Waals surface area contributed by atoms with Crippen LogP contribution in [0.3, 0.4) is 0 Å². The average molecular weight is 183 g/mol. The second kappa shape index (κ2) is 3.29. The molecular weight excluding hydrogens is 166 g/mol. The van der Waals surface area contributed by atoms with Gasteiger partial charge in [0.15, 0.2) is 0 Å². The van der Waals surface area contributed by atoms with Gasteiger partial charge in [0.1, 0.15) is 0 Å². The summed E-state index contributed by atoms with van der Waals surface area (Å²) in [5.41, 5.74) is 5.30. The van der Waals surface area contributed by atoms with Crippen LogP contribution in [0.5, 0.6) is 0 Å². The molecule has 0 aromatic rings. The number of carbonyl (C=O) groups is 1. The fraction of sp³-hybridized carbons (Fsp3) is 0.900. The molecule has 0 radical (unpaired) electrons. The van der Waals surface area contributed by atoms with E-state index in [4.69, 9.17) is 5.73 Å². The topological polar surface area (TPSA) is 63.3 Å². The SMILES string of the molecule is NC(=O)C1C[C@H]2CCC[C@@H](C1)C2O. The van der Waals surface area contributed by atoms with Crippen LogP contribution in [0.4, 0.5) is 0 Å². The Kier molecular flexibility index (Phi) is 2.28. The summed E-state index contributed by atoms with van der Waals surface area (Å²) in [6, 6.07) is 0. The van der Waals surface area contributed by atoms with Crippen molar-refractivity contribution in [1.82, 2.24) is 0 Å². The van der Waals surface area contributed by atoms with Crippen molar-refractivity contribution >= 4 is 5.91 Å². The molecule has 3 nitrogen and oxygen atoms in total. The lowest BCUT2D eigenvalue weighted by atomic mass is 9.66. The van der Waals surface area contributed by atoms with Gasteiger partial charge < -0.3 is 10.8 Å². The van der Waals surface area contributed by atoms with E-state index in [0.29, 0.717) is 11.8 Å². The highest BCUT2D eigenvalue weighted by Crippen LogP contribution is 2.42. The molecule has 13 heavy (non-hydrogen) atoms. The number of nitrogens with two attached hydrogens (primary N) is 1. The molecule has 0 aromatic carbocycles. The molecule has 2 aliphatic carbocycles. The van der Waals surface area contributed by atoms with Gasteiger partial charge in [-0.1, -0.05) is 6.42 Å². The van der Waals surface area contributed by atoms with Gasteiger partial charge >= 0.3 is 0 Å². The van der Waals surface area contributed by atoms with Gasteiger partial charge in [-0.2, -0.15) is 0 Å². The van der Waals surface area contributed by atoms with E-state index in [1.54, 1.807) is 0 Å². The fourth-order valence-electron chi connectivity index (χ4n) is 2.94. The highest BCUT2D eigenvalue weighted by atomic mass is 16.3. The highest BCUT2D eigenvalue weighted by molar-refractivity contribution is 5.76. The van der Waals surface area contributed by atoms with E-state index in [-0.39, 0.29) is 17.9 Å². The van der Waals surface area contributed by atoms with Gasteiger partial charge in [0.05, 0.1) is 6.10 Å². The molecule has 2 saturated carbocycles. The summed E-state index contributed by atoms with van der Waals surface area (Å²) in [4.78, 5) is 11.0. The van der Waals surface area contributed by atoms with Crippen LogP contribution < -0.4 is 5.73 Å². The van der Waals surface area contributed by atoms with Crippen LogP contribution in [-0.4, -0.2) is 17.1 Å². The minimum atomic E-state index is -0.177. The van der Waals surface area contributed by atoms with E-state index in [0.717, 1.165) is 25.7 Å². The molecule has 0 saturated heterocycles. The van der Waals surface area contributed by atoms with Crippen LogP contribution in [0.2, 0.25) is 0 Å². The van der Waals surface area contributed by atoms with Crippen molar-refractivity contribution in [1.29, 1.82) is 0 Å². The maximum Gasteiger partial charge on any atom is 0.220 e. The minimum absolute atomic E-state index is 0.0266. The van der Waals surface area contributed by atoms with Gasteiger partial charge in [-0.25, -0.2) is 0 Å². The van der Waals surface area contributed by atoms with Crippen molar-refractivity contribution in [2.24, 2.45) is 23.5 Å². The molecule has 2 aliphatic rings. The number of carbonyl (C=O) groups excluding carboxylic acids is 1. The molecule has 0 aromatic heterocycles. The van der Waals surface area contributed by atoms with Crippen LogP contribution in [0.1, 0.15) is 32.1 Å². The largest absolute Gasteiger partial charge is 0.393 e. The van der Waals surface area contributed by atoms with Crippen LogP contribution in [0, 0.1) is 17.8 Å². The van der Waals surface area contributed by atoms with Crippen molar-refractivity contribution in [3.63, 3.8) is 0 Å². The maximum atomic E-state index is 11.0. The highest BCUT2D eigenvalue weighted by Gasteiger charge is 2.40. The molecule has 3 heteroatoms. The molecule has 2 fully saturated rings. The first-order valence-corrected chi connectivity index (χ1v) is 5.16. The Hall–Kier alpha value is -0.570. The number of aliphatic hydroxyl groups is 1. The molecule has 1 amide bonds. The molecule has 0 aliphatic heterocycles. The molecule has 3 N–H and O–H groups in total. The van der Waals surface area contributed by atoms with Gasteiger partial charge in [0.25, 0.3) is 0 Å². The molecule has 0 spiro atoms. The Morgan fingerprint density at radius 3 is 2.23 bits per heavy atom. The second-order valence-electron chi connectivity index (χ2n) is 4.51. The smallest absolute Gasteiger partial charge is 0.220 e. The number of rotatable bonds is 1. The maximum absolute atomic E-state index is 11.0. The normalized spacial score (nSPS) is 44.4. The van der Waals surface area contributed by atoms with E-state index >= 15 is 0 Å². The first kappa shape index (κ1) is 9.00. The molecule has 2 rings (SSSR count). The molecule has 2 bridgehead atoms. The van der Waals surface area contributed by atoms with Crippen molar-refractivity contribution in [2.75, 3.05) is 0 Å². The summed E-state index contributed by atoms with van der Waals surface area (Å²) in [6.45, 7) is 0. The zero-order valence-electron chi connectivity index (χ0n) is 7.78. The van der Waals surface area contributed by atoms with Crippen molar-refractivity contribution in [3.05, 3.63) is 0 Å². The number of fused-ring (bicyclic) bond motifs is 2. The van der Waals surface area contributed by atoms with Crippen LogP contribution in [-0.2, 0) is 4.79 Å². The van der Waals surface area contributed by atoms with Gasteiger partial charge in [0.2, 0.25) is 5.91 Å². The lowest BCUT2D eigenvalue weighted by Crippen LogP contribution is -2.43. The molecular formula is C10H17NO2. The number of primary amides is 1. The van der Waals surface area contributed by atoms with E-state index in [1.165, 1.54) is 6.42 Å². The summed E-state index contributed by atoms with van der Waals surface area (Å²) >= 11 is 0. The van der Waals surface area contributed by atoms with E-state index in [9.17, 15) is 9.90 Å². The summed E-state index contributed by atoms with van der Waals surface area (Å²) in [7, 11) is 0. The summed E-state index contributed by atoms with van der Waals surface area (Å²) in [5.74, 6) is 0.525. The first-order chi connectivity index (χ1) is 6.18. The Morgan fingerprint density at radius 1 is 1.23 bits per heavy atom. The Morgan fingerprint density at radius 2 is 1.77 bits per heavy atom. The van der Waals surface area contributed by atoms with Crippen LogP contribution in [0.25, 0.3) is 0 Å². The minimum Gasteiger partial charge on any atom is -0.393 e. The van der Waals surface area contributed by atoms with Gasteiger partial charge in [-0.05, 0) is 37.5 Å². The third-order valence-corrected chi connectivity index (χ3v) is 3.69. The number of hydrogen-bond donors (Lipinski definition) is 2. The van der Waals surface area contributed by atoms with Gasteiger partial charge in [-0.15, -0.1) is 0 Å². The third-order valence-electron chi connectivity index (χ3n) is 3.69. The predicted molar refractivity (Wildman–Crippen MR) is 48.8 cm³/mol. The standard InChI is InChI=1S/C10H17NO2/c11-10(13)8-4-6-2-1-3-7(5-8)9(6)12/h6-9,12H,1-5H2,(H2,11,13)/t6-,7+,8?,9?. The van der Waals surface area contributed by atoms with Crippen molar-refractivity contribution in [2.45, 2.75) is 38.2 Å². The lowest BCUT2D eigenvalue weighted by Gasteiger charge is -2.42. The van der Waals surface area contributed by atoms with E-state index in [2.05, 4.69) is 0 Å². The quantitative estimate of drug-likeness (QED) is 0.627. The number of hydrogen-bond acceptors (Lipinski definition) is 2. The Balaban J connectivity index is 2.07. The Bertz CT molecular complexity index is 203. The van der Waals surface area contributed by atoms with Gasteiger partial charge in [-0.3, -0.25) is 4.79 Å². The van der Waals surface area contributed by atoms with Crippen molar-refractivity contribution in [3.8, 4) is 0 Å². The molecule has 0 heterocycles. The zero-order valence-corrected chi connectivity index (χ0v) is 7.78. The van der Waals surface area contributed by atoms with Crippen LogP contribution in [0.15, 0.2) is 0 Å². The molecule has 2 unspecified atom stereocenters. The predicted octanol–water partition coefficient (Wildman–Crippen LogP) is 0.659. The third kappa shape index (κ3) is 1.57. The first-order valence-electron chi connectivity index (χ1n) is 5.16. The van der Waals surface area contributed by atoms with E-state index < -0.39 is 0 Å². The van der Waals surface area contributed by atoms with Crippen LogP contribution >= 0.6 is 0 Å². The summed E-state index contributed by atoms with van der Waals surface area (Å²) < 4.78 is 0. The van der Waals surface area contributed by atoms with Gasteiger partial charge in [0, 0.05) is 5.92 Å². The second-order valence-corrected chi connectivity index (χ2v) is 4.51. The summed E-state index contributed by atoms with van der Waals surface area (Å²) in [5, 5.41) is 9.84.